The Kier molecular flexibility index (Phi) is 3.42. The maximum atomic E-state index is 11.2. The van der Waals surface area contributed by atoms with Crippen molar-refractivity contribution < 1.29 is 19.6 Å². The summed E-state index contributed by atoms with van der Waals surface area (Å²) in [6.45, 7) is 0. The van der Waals surface area contributed by atoms with Gasteiger partial charge in [-0.2, -0.15) is 0 Å². The number of carboxylic acids is 1. The van der Waals surface area contributed by atoms with Crippen molar-refractivity contribution >= 4 is 11.7 Å². The molecule has 0 saturated heterocycles. The number of ether oxygens (including phenoxy) is 1. The molecule has 0 amide bonds. The zero-order valence-corrected chi connectivity index (χ0v) is 9.65. The van der Waals surface area contributed by atoms with E-state index in [1.54, 1.807) is 30.3 Å². The highest BCUT2D eigenvalue weighted by molar-refractivity contribution is 5.95. The van der Waals surface area contributed by atoms with Gasteiger partial charge in [0.15, 0.2) is 5.56 Å². The Bertz CT molecular complexity index is 624. The fraction of sp³-hybridized carbons (Fsp3) is 0. The fourth-order valence-electron chi connectivity index (χ4n) is 1.59. The number of nitro benzene ring substituents is 1. The number of carboxylic acid groups (broad SMARTS) is 1. The highest BCUT2D eigenvalue weighted by Gasteiger charge is 2.24. The van der Waals surface area contributed by atoms with Crippen LogP contribution in [0.2, 0.25) is 0 Å². The van der Waals surface area contributed by atoms with E-state index >= 15 is 0 Å². The summed E-state index contributed by atoms with van der Waals surface area (Å²) in [5.74, 6) is -1.06. The minimum atomic E-state index is -1.40. The molecule has 6 nitrogen and oxygen atoms in total. The standard InChI is InChI=1S/C13H9NO5/c15-13(16)12-10(14(17)18)7-4-8-11(12)19-9-5-2-1-3-6-9/h1-8H,(H,15,16). The van der Waals surface area contributed by atoms with Crippen LogP contribution in [0.4, 0.5) is 5.69 Å². The summed E-state index contributed by atoms with van der Waals surface area (Å²) in [4.78, 5) is 21.2. The molecule has 0 radical (unpaired) electrons. The summed E-state index contributed by atoms with van der Waals surface area (Å²) < 4.78 is 5.38. The first-order valence-electron chi connectivity index (χ1n) is 5.33. The molecule has 0 atom stereocenters. The number of aromatic carboxylic acids is 1. The van der Waals surface area contributed by atoms with Crippen LogP contribution in [-0.4, -0.2) is 16.0 Å². The van der Waals surface area contributed by atoms with Crippen LogP contribution in [0, 0.1) is 10.1 Å². The van der Waals surface area contributed by atoms with E-state index in [-0.39, 0.29) is 5.75 Å². The predicted molar refractivity (Wildman–Crippen MR) is 66.6 cm³/mol. The number of hydrogen-bond donors (Lipinski definition) is 1. The van der Waals surface area contributed by atoms with Crippen LogP contribution in [-0.2, 0) is 0 Å². The van der Waals surface area contributed by atoms with Gasteiger partial charge in [0.25, 0.3) is 5.69 Å². The van der Waals surface area contributed by atoms with Gasteiger partial charge in [0.1, 0.15) is 11.5 Å². The normalized spacial score (nSPS) is 9.89. The Morgan fingerprint density at radius 2 is 1.79 bits per heavy atom. The van der Waals surface area contributed by atoms with Gasteiger partial charge in [0, 0.05) is 6.07 Å². The monoisotopic (exact) mass is 259 g/mol. The molecule has 0 spiro atoms. The van der Waals surface area contributed by atoms with Crippen LogP contribution in [0.15, 0.2) is 48.5 Å². The second-order valence-corrected chi connectivity index (χ2v) is 3.63. The van der Waals surface area contributed by atoms with Gasteiger partial charge in [-0.3, -0.25) is 10.1 Å². The zero-order valence-electron chi connectivity index (χ0n) is 9.65. The largest absolute Gasteiger partial charge is 0.477 e. The molecule has 0 aliphatic carbocycles. The van der Waals surface area contributed by atoms with Gasteiger partial charge in [-0.05, 0) is 18.2 Å². The van der Waals surface area contributed by atoms with E-state index in [2.05, 4.69) is 0 Å². The average molecular weight is 259 g/mol. The summed E-state index contributed by atoms with van der Waals surface area (Å²) in [5, 5.41) is 19.9. The third kappa shape index (κ3) is 2.68. The van der Waals surface area contributed by atoms with Gasteiger partial charge in [0.2, 0.25) is 0 Å². The van der Waals surface area contributed by atoms with Gasteiger partial charge in [-0.15, -0.1) is 0 Å². The van der Waals surface area contributed by atoms with E-state index < -0.39 is 22.1 Å². The van der Waals surface area contributed by atoms with E-state index in [0.717, 1.165) is 6.07 Å². The molecular weight excluding hydrogens is 250 g/mol. The van der Waals surface area contributed by atoms with Crippen LogP contribution in [0.5, 0.6) is 11.5 Å². The molecule has 0 aliphatic rings. The predicted octanol–water partition coefficient (Wildman–Crippen LogP) is 3.09. The third-order valence-corrected chi connectivity index (χ3v) is 2.39. The van der Waals surface area contributed by atoms with Crippen molar-refractivity contribution in [2.75, 3.05) is 0 Å². The van der Waals surface area contributed by atoms with Gasteiger partial charge < -0.3 is 9.84 Å². The lowest BCUT2D eigenvalue weighted by molar-refractivity contribution is -0.385. The molecule has 6 heteroatoms. The van der Waals surface area contributed by atoms with Gasteiger partial charge in [-0.1, -0.05) is 24.3 Å². The van der Waals surface area contributed by atoms with Gasteiger partial charge >= 0.3 is 5.97 Å². The molecule has 0 saturated carbocycles. The number of para-hydroxylation sites is 1. The van der Waals surface area contributed by atoms with Crippen molar-refractivity contribution in [2.45, 2.75) is 0 Å². The first-order chi connectivity index (χ1) is 9.09. The molecule has 0 aromatic heterocycles. The highest BCUT2D eigenvalue weighted by atomic mass is 16.6. The summed E-state index contributed by atoms with van der Waals surface area (Å²) in [6.07, 6.45) is 0. The first-order valence-corrected chi connectivity index (χ1v) is 5.33. The van der Waals surface area contributed by atoms with E-state index in [9.17, 15) is 14.9 Å². The van der Waals surface area contributed by atoms with Crippen LogP contribution >= 0.6 is 0 Å². The molecule has 0 fully saturated rings. The van der Waals surface area contributed by atoms with Crippen LogP contribution in [0.25, 0.3) is 0 Å². The summed E-state index contributed by atoms with van der Waals surface area (Å²) in [7, 11) is 0. The Morgan fingerprint density at radius 1 is 1.11 bits per heavy atom. The van der Waals surface area contributed by atoms with Gasteiger partial charge in [0.05, 0.1) is 4.92 Å². The average Bonchev–Trinajstić information content (AvgIpc) is 2.39. The Hall–Kier alpha value is -2.89. The second kappa shape index (κ2) is 5.18. The van der Waals surface area contributed by atoms with Crippen molar-refractivity contribution in [1.29, 1.82) is 0 Å². The smallest absolute Gasteiger partial charge is 0.346 e. The number of nitrogens with zero attached hydrogens (tertiary/aromatic N) is 1. The fourth-order valence-corrected chi connectivity index (χ4v) is 1.59. The van der Waals surface area contributed by atoms with Crippen LogP contribution < -0.4 is 4.74 Å². The zero-order chi connectivity index (χ0) is 13.8. The van der Waals surface area contributed by atoms with Crippen molar-refractivity contribution in [2.24, 2.45) is 0 Å². The minimum absolute atomic E-state index is 0.0621. The van der Waals surface area contributed by atoms with Crippen molar-refractivity contribution in [3.63, 3.8) is 0 Å². The third-order valence-electron chi connectivity index (χ3n) is 2.39. The van der Waals surface area contributed by atoms with Crippen molar-refractivity contribution in [1.82, 2.24) is 0 Å². The first kappa shape index (κ1) is 12.6. The second-order valence-electron chi connectivity index (χ2n) is 3.63. The molecule has 2 aromatic carbocycles. The summed E-state index contributed by atoms with van der Waals surface area (Å²) >= 11 is 0. The maximum Gasteiger partial charge on any atom is 0.346 e. The quantitative estimate of drug-likeness (QED) is 0.673. The topological polar surface area (TPSA) is 89.7 Å². The molecule has 0 unspecified atom stereocenters. The highest BCUT2D eigenvalue weighted by Crippen LogP contribution is 2.31. The molecule has 19 heavy (non-hydrogen) atoms. The van der Waals surface area contributed by atoms with Gasteiger partial charge in [-0.25, -0.2) is 4.79 Å². The van der Waals surface area contributed by atoms with E-state index in [4.69, 9.17) is 9.84 Å². The Balaban J connectivity index is 2.48. The van der Waals surface area contributed by atoms with Crippen LogP contribution in [0.1, 0.15) is 10.4 Å². The lowest BCUT2D eigenvalue weighted by Crippen LogP contribution is -2.05. The Labute approximate surface area is 108 Å². The molecule has 96 valence electrons. The lowest BCUT2D eigenvalue weighted by Gasteiger charge is -2.08. The molecule has 0 heterocycles. The molecule has 0 bridgehead atoms. The Morgan fingerprint density at radius 3 is 2.37 bits per heavy atom. The van der Waals surface area contributed by atoms with Crippen molar-refractivity contribution in [3.05, 3.63) is 64.2 Å². The molecule has 1 N–H and O–H groups in total. The van der Waals surface area contributed by atoms with E-state index in [1.165, 1.54) is 12.1 Å². The van der Waals surface area contributed by atoms with E-state index in [0.29, 0.717) is 5.75 Å². The summed E-state index contributed by atoms with van der Waals surface area (Å²) in [6, 6.07) is 12.3. The van der Waals surface area contributed by atoms with E-state index in [1.807, 2.05) is 0 Å². The molecule has 2 rings (SSSR count). The number of hydrogen-bond acceptors (Lipinski definition) is 4. The minimum Gasteiger partial charge on any atom is -0.477 e. The maximum absolute atomic E-state index is 11.2. The van der Waals surface area contributed by atoms with Crippen LogP contribution in [0.3, 0.4) is 0 Å². The van der Waals surface area contributed by atoms with Crippen molar-refractivity contribution in [3.8, 4) is 11.5 Å². The number of rotatable bonds is 4. The SMILES string of the molecule is O=C(O)c1c(Oc2ccccc2)cccc1[N+](=O)[O-]. The molecule has 2 aromatic rings. The molecular formula is C13H9NO5. The number of benzene rings is 2. The lowest BCUT2D eigenvalue weighted by atomic mass is 10.1. The summed E-state index contributed by atoms with van der Waals surface area (Å²) in [5.41, 5.74) is -0.961. The number of carbonyl (C=O) groups is 1. The molecule has 0 aliphatic heterocycles. The number of nitro groups is 1.